The summed E-state index contributed by atoms with van der Waals surface area (Å²) in [5.74, 6) is 0.372. The lowest BCUT2D eigenvalue weighted by Gasteiger charge is -2.35. The normalized spacial score (nSPS) is 20.0. The zero-order chi connectivity index (χ0) is 16.0. The second-order valence-corrected chi connectivity index (χ2v) is 6.27. The number of nitrogens with two attached hydrogens (primary N) is 1. The maximum atomic E-state index is 11.6. The largest absolute Gasteiger partial charge is 0.373 e. The van der Waals surface area contributed by atoms with E-state index in [1.54, 1.807) is 6.07 Å². The van der Waals surface area contributed by atoms with Gasteiger partial charge in [-0.2, -0.15) is 0 Å². The highest BCUT2D eigenvalue weighted by Gasteiger charge is 2.34. The second kappa shape index (κ2) is 4.84. The molecule has 1 atom stereocenters. The molecule has 0 saturated carbocycles. The SMILES string of the molecule is CC1(c2nc3c(C(N)=O)cccc3[nH]2)CCc2ccccc2N1. The van der Waals surface area contributed by atoms with Gasteiger partial charge >= 0.3 is 0 Å². The summed E-state index contributed by atoms with van der Waals surface area (Å²) in [6.45, 7) is 2.13. The number of H-pyrrole nitrogens is 1. The summed E-state index contributed by atoms with van der Waals surface area (Å²) in [4.78, 5) is 19.6. The van der Waals surface area contributed by atoms with Crippen molar-refractivity contribution in [1.82, 2.24) is 9.97 Å². The van der Waals surface area contributed by atoms with Crippen LogP contribution in [-0.4, -0.2) is 15.9 Å². The number of hydrogen-bond acceptors (Lipinski definition) is 3. The Kier molecular flexibility index (Phi) is 2.91. The van der Waals surface area contributed by atoms with E-state index in [4.69, 9.17) is 5.73 Å². The number of primary amides is 1. The minimum Gasteiger partial charge on any atom is -0.373 e. The van der Waals surface area contributed by atoms with E-state index < -0.39 is 5.91 Å². The van der Waals surface area contributed by atoms with E-state index in [1.165, 1.54) is 5.56 Å². The van der Waals surface area contributed by atoms with Gasteiger partial charge in [-0.1, -0.05) is 24.3 Å². The van der Waals surface area contributed by atoms with Crippen molar-refractivity contribution < 1.29 is 4.79 Å². The second-order valence-electron chi connectivity index (χ2n) is 6.27. The van der Waals surface area contributed by atoms with Crippen LogP contribution in [0.15, 0.2) is 42.5 Å². The Morgan fingerprint density at radius 3 is 2.87 bits per heavy atom. The molecule has 1 aliphatic rings. The van der Waals surface area contributed by atoms with Gasteiger partial charge < -0.3 is 16.0 Å². The van der Waals surface area contributed by atoms with E-state index in [9.17, 15) is 4.79 Å². The first-order chi connectivity index (χ1) is 11.1. The summed E-state index contributed by atoms with van der Waals surface area (Å²) in [5.41, 5.74) is 9.52. The molecule has 0 saturated heterocycles. The summed E-state index contributed by atoms with van der Waals surface area (Å²) in [6, 6.07) is 13.8. The number of carbonyl (C=O) groups excluding carboxylic acids is 1. The van der Waals surface area contributed by atoms with Crippen molar-refractivity contribution in [3.05, 3.63) is 59.4 Å². The lowest BCUT2D eigenvalue weighted by atomic mass is 9.87. The average Bonchev–Trinajstić information content (AvgIpc) is 2.99. The van der Waals surface area contributed by atoms with Gasteiger partial charge in [-0.25, -0.2) is 4.98 Å². The van der Waals surface area contributed by atoms with Crippen LogP contribution in [0.1, 0.15) is 35.1 Å². The number of hydrogen-bond donors (Lipinski definition) is 3. The van der Waals surface area contributed by atoms with Crippen molar-refractivity contribution in [3.8, 4) is 0 Å². The molecule has 1 amide bonds. The van der Waals surface area contributed by atoms with Gasteiger partial charge in [0, 0.05) is 5.69 Å². The number of aromatic amines is 1. The number of rotatable bonds is 2. The minimum atomic E-state index is -0.458. The molecule has 0 bridgehead atoms. The predicted octanol–water partition coefficient (Wildman–Crippen LogP) is 2.94. The molecule has 4 N–H and O–H groups in total. The Morgan fingerprint density at radius 1 is 1.22 bits per heavy atom. The summed E-state index contributed by atoms with van der Waals surface area (Å²) in [6.07, 6.45) is 1.91. The number of benzene rings is 2. The Bertz CT molecular complexity index is 914. The number of amides is 1. The third-order valence-corrected chi connectivity index (χ3v) is 4.62. The van der Waals surface area contributed by atoms with Crippen LogP contribution in [0.2, 0.25) is 0 Å². The van der Waals surface area contributed by atoms with Gasteiger partial charge in [0.1, 0.15) is 11.3 Å². The van der Waals surface area contributed by atoms with Crippen molar-refractivity contribution in [2.24, 2.45) is 5.73 Å². The number of nitrogens with one attached hydrogen (secondary N) is 2. The number of carbonyl (C=O) groups is 1. The van der Waals surface area contributed by atoms with Gasteiger partial charge in [-0.15, -0.1) is 0 Å². The number of fused-ring (bicyclic) bond motifs is 2. The van der Waals surface area contributed by atoms with Gasteiger partial charge in [0.15, 0.2) is 0 Å². The van der Waals surface area contributed by atoms with Gasteiger partial charge in [0.2, 0.25) is 0 Å². The molecule has 1 unspecified atom stereocenters. The minimum absolute atomic E-state index is 0.303. The van der Waals surface area contributed by atoms with Gasteiger partial charge in [-0.05, 0) is 43.5 Å². The molecule has 0 spiro atoms. The number of anilines is 1. The maximum absolute atomic E-state index is 11.6. The van der Waals surface area contributed by atoms with Gasteiger partial charge in [0.25, 0.3) is 5.91 Å². The Balaban J connectivity index is 1.80. The van der Waals surface area contributed by atoms with E-state index in [0.29, 0.717) is 11.1 Å². The fourth-order valence-corrected chi connectivity index (χ4v) is 3.27. The molecule has 5 nitrogen and oxygen atoms in total. The first kappa shape index (κ1) is 13.8. The highest BCUT2D eigenvalue weighted by atomic mass is 16.1. The Hall–Kier alpha value is -2.82. The Morgan fingerprint density at radius 2 is 2.04 bits per heavy atom. The van der Waals surface area contributed by atoms with E-state index in [-0.39, 0.29) is 5.54 Å². The monoisotopic (exact) mass is 306 g/mol. The van der Waals surface area contributed by atoms with Crippen molar-refractivity contribution in [2.45, 2.75) is 25.3 Å². The standard InChI is InChI=1S/C18H18N4O/c1-18(10-9-11-5-2-3-7-13(11)22-18)17-20-14-8-4-6-12(16(19)23)15(14)21-17/h2-8,22H,9-10H2,1H3,(H2,19,23)(H,20,21). The molecular weight excluding hydrogens is 288 g/mol. The molecule has 5 heteroatoms. The number of para-hydroxylation sites is 2. The highest BCUT2D eigenvalue weighted by Crippen LogP contribution is 2.36. The topological polar surface area (TPSA) is 83.8 Å². The number of imidazole rings is 1. The molecule has 4 rings (SSSR count). The predicted molar refractivity (Wildman–Crippen MR) is 90.3 cm³/mol. The molecule has 23 heavy (non-hydrogen) atoms. The summed E-state index contributed by atoms with van der Waals surface area (Å²) in [7, 11) is 0. The third kappa shape index (κ3) is 2.16. The zero-order valence-electron chi connectivity index (χ0n) is 12.9. The van der Waals surface area contributed by atoms with Crippen LogP contribution in [0.3, 0.4) is 0 Å². The Labute approximate surface area is 133 Å². The van der Waals surface area contributed by atoms with Crippen molar-refractivity contribution >= 4 is 22.6 Å². The van der Waals surface area contributed by atoms with Crippen LogP contribution in [0.4, 0.5) is 5.69 Å². The zero-order valence-corrected chi connectivity index (χ0v) is 12.9. The van der Waals surface area contributed by atoms with Crippen LogP contribution in [-0.2, 0) is 12.0 Å². The van der Waals surface area contributed by atoms with E-state index in [0.717, 1.165) is 29.9 Å². The first-order valence-electron chi connectivity index (χ1n) is 7.72. The van der Waals surface area contributed by atoms with Crippen molar-refractivity contribution in [1.29, 1.82) is 0 Å². The van der Waals surface area contributed by atoms with Crippen LogP contribution in [0.25, 0.3) is 11.0 Å². The molecule has 2 aromatic carbocycles. The fourth-order valence-electron chi connectivity index (χ4n) is 3.27. The fraction of sp³-hybridized carbons (Fsp3) is 0.222. The number of aryl methyl sites for hydroxylation is 1. The summed E-state index contributed by atoms with van der Waals surface area (Å²) < 4.78 is 0. The highest BCUT2D eigenvalue weighted by molar-refractivity contribution is 6.04. The van der Waals surface area contributed by atoms with Gasteiger partial charge in [0.05, 0.1) is 16.6 Å². The first-order valence-corrected chi connectivity index (χ1v) is 7.72. The van der Waals surface area contributed by atoms with Crippen molar-refractivity contribution in [3.63, 3.8) is 0 Å². The smallest absolute Gasteiger partial charge is 0.250 e. The lowest BCUT2D eigenvalue weighted by molar-refractivity contribution is 0.100. The molecule has 116 valence electrons. The quantitative estimate of drug-likeness (QED) is 0.680. The summed E-state index contributed by atoms with van der Waals surface area (Å²) >= 11 is 0. The van der Waals surface area contributed by atoms with Gasteiger partial charge in [-0.3, -0.25) is 4.79 Å². The van der Waals surface area contributed by atoms with E-state index >= 15 is 0 Å². The summed E-state index contributed by atoms with van der Waals surface area (Å²) in [5, 5.41) is 3.59. The van der Waals surface area contributed by atoms with Crippen LogP contribution in [0.5, 0.6) is 0 Å². The molecule has 0 radical (unpaired) electrons. The molecular formula is C18H18N4O. The molecule has 3 aromatic rings. The van der Waals surface area contributed by atoms with Crippen LogP contribution < -0.4 is 11.1 Å². The molecule has 0 aliphatic carbocycles. The molecule has 0 fully saturated rings. The molecule has 2 heterocycles. The van der Waals surface area contributed by atoms with Crippen LogP contribution >= 0.6 is 0 Å². The number of aromatic nitrogens is 2. The average molecular weight is 306 g/mol. The lowest BCUT2D eigenvalue weighted by Crippen LogP contribution is -2.37. The molecule has 1 aromatic heterocycles. The maximum Gasteiger partial charge on any atom is 0.250 e. The number of nitrogens with zero attached hydrogens (tertiary/aromatic N) is 1. The van der Waals surface area contributed by atoms with E-state index in [2.05, 4.69) is 40.4 Å². The van der Waals surface area contributed by atoms with E-state index in [1.807, 2.05) is 18.2 Å². The van der Waals surface area contributed by atoms with Crippen molar-refractivity contribution in [2.75, 3.05) is 5.32 Å². The third-order valence-electron chi connectivity index (χ3n) is 4.62. The molecule has 1 aliphatic heterocycles. The van der Waals surface area contributed by atoms with Crippen LogP contribution in [0, 0.1) is 0 Å².